The molecule has 5 heteroatoms. The van der Waals surface area contributed by atoms with Crippen molar-refractivity contribution in [1.29, 1.82) is 0 Å². The van der Waals surface area contributed by atoms with Gasteiger partial charge in [0.25, 0.3) is 0 Å². The highest BCUT2D eigenvalue weighted by Crippen LogP contribution is 2.24. The summed E-state index contributed by atoms with van der Waals surface area (Å²) in [5, 5.41) is 5.40. The number of ether oxygens (including phenoxy) is 1. The molecule has 0 aliphatic heterocycles. The Labute approximate surface area is 111 Å². The van der Waals surface area contributed by atoms with E-state index in [0.717, 1.165) is 17.3 Å². The van der Waals surface area contributed by atoms with Crippen molar-refractivity contribution in [3.8, 4) is 0 Å². The first-order chi connectivity index (χ1) is 8.13. The van der Waals surface area contributed by atoms with Crippen LogP contribution in [0.3, 0.4) is 0 Å². The van der Waals surface area contributed by atoms with Gasteiger partial charge in [-0.25, -0.2) is 0 Å². The van der Waals surface area contributed by atoms with Gasteiger partial charge >= 0.3 is 5.97 Å². The summed E-state index contributed by atoms with van der Waals surface area (Å²) >= 11 is 7.41. The van der Waals surface area contributed by atoms with Crippen molar-refractivity contribution in [1.82, 2.24) is 5.32 Å². The molecule has 0 amide bonds. The molecule has 0 aromatic carbocycles. The highest BCUT2D eigenvalue weighted by Gasteiger charge is 2.07. The van der Waals surface area contributed by atoms with Gasteiger partial charge in [0.15, 0.2) is 0 Å². The van der Waals surface area contributed by atoms with Gasteiger partial charge in [-0.3, -0.25) is 4.79 Å². The number of esters is 1. The lowest BCUT2D eigenvalue weighted by molar-refractivity contribution is -0.143. The van der Waals surface area contributed by atoms with Crippen molar-refractivity contribution < 1.29 is 9.53 Å². The molecule has 0 radical (unpaired) electrons. The van der Waals surface area contributed by atoms with Gasteiger partial charge in [-0.2, -0.15) is 0 Å². The van der Waals surface area contributed by atoms with Crippen LogP contribution in [-0.2, 0) is 9.53 Å². The number of halogens is 1. The summed E-state index contributed by atoms with van der Waals surface area (Å²) in [5.41, 5.74) is 1.19. The van der Waals surface area contributed by atoms with Crippen molar-refractivity contribution in [3.63, 3.8) is 0 Å². The lowest BCUT2D eigenvalue weighted by Crippen LogP contribution is -2.20. The lowest BCUT2D eigenvalue weighted by atomic mass is 10.2. The molecular formula is C12H18ClNO2S. The Kier molecular flexibility index (Phi) is 6.55. The summed E-state index contributed by atoms with van der Waals surface area (Å²) in [6.45, 7) is 5.16. The zero-order chi connectivity index (χ0) is 12.7. The first-order valence-corrected chi connectivity index (χ1v) is 7.02. The van der Waals surface area contributed by atoms with E-state index in [1.165, 1.54) is 16.9 Å². The van der Waals surface area contributed by atoms with E-state index in [0.29, 0.717) is 13.0 Å². The normalized spacial score (nSPS) is 12.4. The SMILES string of the molecule is CCOC(=O)CCCNC(C)c1csc(Cl)c1. The molecule has 0 aliphatic rings. The van der Waals surface area contributed by atoms with Crippen LogP contribution in [-0.4, -0.2) is 19.1 Å². The number of hydrogen-bond donors (Lipinski definition) is 1. The summed E-state index contributed by atoms with van der Waals surface area (Å²) < 4.78 is 5.66. The second kappa shape index (κ2) is 7.69. The summed E-state index contributed by atoms with van der Waals surface area (Å²) in [5.74, 6) is -0.125. The summed E-state index contributed by atoms with van der Waals surface area (Å²) in [4.78, 5) is 11.1. The number of nitrogens with one attached hydrogen (secondary N) is 1. The topological polar surface area (TPSA) is 38.3 Å². The predicted molar refractivity (Wildman–Crippen MR) is 71.6 cm³/mol. The van der Waals surface area contributed by atoms with Gasteiger partial charge in [0.05, 0.1) is 10.9 Å². The van der Waals surface area contributed by atoms with Crippen LogP contribution < -0.4 is 5.32 Å². The van der Waals surface area contributed by atoms with Crippen molar-refractivity contribution in [2.24, 2.45) is 0 Å². The van der Waals surface area contributed by atoms with Gasteiger partial charge in [-0.1, -0.05) is 11.6 Å². The van der Waals surface area contributed by atoms with Crippen LogP contribution in [0.25, 0.3) is 0 Å². The molecule has 17 heavy (non-hydrogen) atoms. The predicted octanol–water partition coefficient (Wildman–Crippen LogP) is 3.40. The Hall–Kier alpha value is -0.580. The van der Waals surface area contributed by atoms with Gasteiger partial charge in [0.1, 0.15) is 0 Å². The standard InChI is InChI=1S/C12H18ClNO2S/c1-3-16-12(15)5-4-6-14-9(2)10-7-11(13)17-8-10/h7-9,14H,3-6H2,1-2H3. The largest absolute Gasteiger partial charge is 0.466 e. The average molecular weight is 276 g/mol. The van der Waals surface area contributed by atoms with E-state index in [4.69, 9.17) is 16.3 Å². The van der Waals surface area contributed by atoms with Crippen LogP contribution in [0.4, 0.5) is 0 Å². The van der Waals surface area contributed by atoms with Crippen LogP contribution in [0, 0.1) is 0 Å². The number of hydrogen-bond acceptors (Lipinski definition) is 4. The minimum Gasteiger partial charge on any atom is -0.466 e. The molecule has 0 fully saturated rings. The van der Waals surface area contributed by atoms with Crippen LogP contribution in [0.15, 0.2) is 11.4 Å². The van der Waals surface area contributed by atoms with Gasteiger partial charge in [-0.15, -0.1) is 11.3 Å². The summed E-state index contributed by atoms with van der Waals surface area (Å²) in [6.07, 6.45) is 1.26. The van der Waals surface area contributed by atoms with Gasteiger partial charge in [0.2, 0.25) is 0 Å². The Morgan fingerprint density at radius 2 is 2.41 bits per heavy atom. The Morgan fingerprint density at radius 1 is 1.65 bits per heavy atom. The van der Waals surface area contributed by atoms with Gasteiger partial charge in [-0.05, 0) is 43.8 Å². The van der Waals surface area contributed by atoms with Crippen LogP contribution in [0.5, 0.6) is 0 Å². The van der Waals surface area contributed by atoms with Crippen LogP contribution >= 0.6 is 22.9 Å². The second-order valence-corrected chi connectivity index (χ2v) is 5.31. The van der Waals surface area contributed by atoms with Gasteiger partial charge < -0.3 is 10.1 Å². The van der Waals surface area contributed by atoms with E-state index in [-0.39, 0.29) is 12.0 Å². The van der Waals surface area contributed by atoms with Crippen LogP contribution in [0.2, 0.25) is 4.34 Å². The molecule has 0 spiro atoms. The minimum atomic E-state index is -0.125. The van der Waals surface area contributed by atoms with Crippen molar-refractivity contribution >= 4 is 28.9 Å². The lowest BCUT2D eigenvalue weighted by Gasteiger charge is -2.11. The maximum Gasteiger partial charge on any atom is 0.305 e. The van der Waals surface area contributed by atoms with Crippen molar-refractivity contribution in [2.75, 3.05) is 13.2 Å². The molecule has 1 heterocycles. The molecule has 1 unspecified atom stereocenters. The maximum atomic E-state index is 11.1. The summed E-state index contributed by atoms with van der Waals surface area (Å²) in [6, 6.07) is 2.23. The molecular weight excluding hydrogens is 258 g/mol. The molecule has 0 bridgehead atoms. The third kappa shape index (κ3) is 5.52. The van der Waals surface area contributed by atoms with E-state index in [1.807, 2.05) is 18.4 Å². The molecule has 1 N–H and O–H groups in total. The second-order valence-electron chi connectivity index (χ2n) is 3.77. The Balaban J connectivity index is 2.16. The fraction of sp³-hybridized carbons (Fsp3) is 0.583. The molecule has 0 saturated heterocycles. The fourth-order valence-corrected chi connectivity index (χ4v) is 2.44. The molecule has 96 valence electrons. The van der Waals surface area contributed by atoms with Crippen molar-refractivity contribution in [3.05, 3.63) is 21.3 Å². The monoisotopic (exact) mass is 275 g/mol. The third-order valence-corrected chi connectivity index (χ3v) is 3.51. The average Bonchev–Trinajstić information content (AvgIpc) is 2.71. The van der Waals surface area contributed by atoms with E-state index in [9.17, 15) is 4.79 Å². The zero-order valence-electron chi connectivity index (χ0n) is 10.2. The quantitative estimate of drug-likeness (QED) is 0.612. The number of thiophene rings is 1. The summed E-state index contributed by atoms with van der Waals surface area (Å²) in [7, 11) is 0. The molecule has 0 saturated carbocycles. The number of rotatable bonds is 7. The fourth-order valence-electron chi connectivity index (χ4n) is 1.45. The molecule has 0 aliphatic carbocycles. The van der Waals surface area contributed by atoms with Crippen molar-refractivity contribution in [2.45, 2.75) is 32.7 Å². The number of carbonyl (C=O) groups is 1. The van der Waals surface area contributed by atoms with Gasteiger partial charge in [0, 0.05) is 12.5 Å². The zero-order valence-corrected chi connectivity index (χ0v) is 11.7. The third-order valence-electron chi connectivity index (χ3n) is 2.40. The number of carbonyl (C=O) groups excluding carboxylic acids is 1. The molecule has 1 atom stereocenters. The smallest absolute Gasteiger partial charge is 0.305 e. The molecule has 1 aromatic heterocycles. The minimum absolute atomic E-state index is 0.125. The highest BCUT2D eigenvalue weighted by atomic mass is 35.5. The maximum absolute atomic E-state index is 11.1. The molecule has 1 aromatic rings. The highest BCUT2D eigenvalue weighted by molar-refractivity contribution is 7.14. The first-order valence-electron chi connectivity index (χ1n) is 5.76. The molecule has 3 nitrogen and oxygen atoms in total. The van der Waals surface area contributed by atoms with E-state index >= 15 is 0 Å². The Morgan fingerprint density at radius 3 is 3.00 bits per heavy atom. The van der Waals surface area contributed by atoms with Crippen LogP contribution in [0.1, 0.15) is 38.3 Å². The van der Waals surface area contributed by atoms with E-state index < -0.39 is 0 Å². The van der Waals surface area contributed by atoms with E-state index in [2.05, 4.69) is 12.2 Å². The Bertz CT molecular complexity index is 354. The molecule has 1 rings (SSSR count). The van der Waals surface area contributed by atoms with E-state index in [1.54, 1.807) is 0 Å². The first kappa shape index (κ1) is 14.5.